The van der Waals surface area contributed by atoms with E-state index in [2.05, 4.69) is 51.8 Å². The molecule has 0 radical (unpaired) electrons. The first kappa shape index (κ1) is 12.5. The highest BCUT2D eigenvalue weighted by Gasteiger charge is 2.12. The van der Waals surface area contributed by atoms with E-state index in [4.69, 9.17) is 0 Å². The number of thiazole rings is 1. The molecular formula is C15H19N3S. The molecule has 1 aromatic carbocycles. The molecule has 1 aliphatic rings. The Labute approximate surface area is 118 Å². The van der Waals surface area contributed by atoms with Gasteiger partial charge < -0.3 is 10.2 Å². The van der Waals surface area contributed by atoms with E-state index in [9.17, 15) is 0 Å². The van der Waals surface area contributed by atoms with E-state index in [1.807, 2.05) is 5.51 Å². The summed E-state index contributed by atoms with van der Waals surface area (Å²) in [6, 6.07) is 9.00. The fourth-order valence-corrected chi connectivity index (χ4v) is 3.15. The first-order chi connectivity index (χ1) is 9.33. The maximum atomic E-state index is 4.34. The maximum absolute atomic E-state index is 4.34. The Balaban J connectivity index is 1.65. The van der Waals surface area contributed by atoms with E-state index in [0.717, 1.165) is 11.4 Å². The largest absolute Gasteiger partial charge is 0.377 e. The van der Waals surface area contributed by atoms with Gasteiger partial charge in [-0.2, -0.15) is 0 Å². The fraction of sp³-hybridized carbons (Fsp3) is 0.400. The molecule has 4 heteroatoms. The summed E-state index contributed by atoms with van der Waals surface area (Å²) in [5, 5.41) is 5.58. The van der Waals surface area contributed by atoms with Crippen molar-refractivity contribution in [2.24, 2.45) is 0 Å². The quantitative estimate of drug-likeness (QED) is 0.915. The molecule has 0 amide bonds. The van der Waals surface area contributed by atoms with Crippen molar-refractivity contribution in [3.8, 4) is 0 Å². The molecule has 1 N–H and O–H groups in total. The number of rotatable bonds is 4. The molecule has 1 atom stereocenters. The zero-order chi connectivity index (χ0) is 13.1. The number of nitrogens with zero attached hydrogens (tertiary/aromatic N) is 2. The first-order valence-electron chi connectivity index (χ1n) is 6.82. The topological polar surface area (TPSA) is 28.2 Å². The van der Waals surface area contributed by atoms with Gasteiger partial charge in [0.15, 0.2) is 0 Å². The summed E-state index contributed by atoms with van der Waals surface area (Å²) >= 11 is 1.64. The molecule has 0 spiro atoms. The van der Waals surface area contributed by atoms with Crippen LogP contribution in [0.15, 0.2) is 35.2 Å². The molecule has 0 aliphatic carbocycles. The van der Waals surface area contributed by atoms with Crippen molar-refractivity contribution < 1.29 is 0 Å². The second kappa shape index (κ2) is 5.61. The zero-order valence-electron chi connectivity index (χ0n) is 11.2. The van der Waals surface area contributed by atoms with Gasteiger partial charge in [-0.15, -0.1) is 11.3 Å². The third-order valence-corrected chi connectivity index (χ3v) is 4.22. The van der Waals surface area contributed by atoms with E-state index in [1.165, 1.54) is 31.6 Å². The SMILES string of the molecule is CC(Nc1ccc(N2CCCC2)cc1)c1cscn1. The maximum Gasteiger partial charge on any atom is 0.0795 e. The van der Waals surface area contributed by atoms with Crippen LogP contribution in [0.3, 0.4) is 0 Å². The summed E-state index contributed by atoms with van der Waals surface area (Å²) in [5.74, 6) is 0. The van der Waals surface area contributed by atoms with Crippen molar-refractivity contribution in [3.05, 3.63) is 40.8 Å². The van der Waals surface area contributed by atoms with E-state index < -0.39 is 0 Å². The van der Waals surface area contributed by atoms with Gasteiger partial charge in [-0.25, -0.2) is 4.98 Å². The number of hydrogen-bond acceptors (Lipinski definition) is 4. The van der Waals surface area contributed by atoms with E-state index in [1.54, 1.807) is 11.3 Å². The summed E-state index contributed by atoms with van der Waals surface area (Å²) in [6.45, 7) is 4.54. The van der Waals surface area contributed by atoms with Gasteiger partial charge in [0.1, 0.15) is 0 Å². The molecule has 0 saturated carbocycles. The van der Waals surface area contributed by atoms with Crippen LogP contribution in [0.4, 0.5) is 11.4 Å². The molecule has 3 rings (SSSR count). The van der Waals surface area contributed by atoms with Gasteiger partial charge in [0.05, 0.1) is 17.2 Å². The van der Waals surface area contributed by atoms with Gasteiger partial charge in [-0.3, -0.25) is 0 Å². The molecule has 19 heavy (non-hydrogen) atoms. The van der Waals surface area contributed by atoms with Crippen LogP contribution in [0.25, 0.3) is 0 Å². The Kier molecular flexibility index (Phi) is 3.69. The zero-order valence-corrected chi connectivity index (χ0v) is 12.0. The van der Waals surface area contributed by atoms with Gasteiger partial charge in [0, 0.05) is 29.8 Å². The van der Waals surface area contributed by atoms with Crippen LogP contribution < -0.4 is 10.2 Å². The average molecular weight is 273 g/mol. The lowest BCUT2D eigenvalue weighted by Gasteiger charge is -2.19. The van der Waals surface area contributed by atoms with Crippen LogP contribution >= 0.6 is 11.3 Å². The van der Waals surface area contributed by atoms with Crippen molar-refractivity contribution in [3.63, 3.8) is 0 Å². The molecule has 3 nitrogen and oxygen atoms in total. The molecule has 1 saturated heterocycles. The molecule has 1 unspecified atom stereocenters. The van der Waals surface area contributed by atoms with E-state index in [-0.39, 0.29) is 6.04 Å². The summed E-state index contributed by atoms with van der Waals surface area (Å²) in [7, 11) is 0. The third-order valence-electron chi connectivity index (χ3n) is 3.62. The van der Waals surface area contributed by atoms with Crippen LogP contribution in [0.5, 0.6) is 0 Å². The monoisotopic (exact) mass is 273 g/mol. The van der Waals surface area contributed by atoms with Gasteiger partial charge in [-0.05, 0) is 44.0 Å². The molecule has 0 bridgehead atoms. The number of anilines is 2. The van der Waals surface area contributed by atoms with Crippen LogP contribution in [0.2, 0.25) is 0 Å². The molecule has 1 aromatic heterocycles. The molecule has 2 heterocycles. The third kappa shape index (κ3) is 2.89. The van der Waals surface area contributed by atoms with Crippen LogP contribution in [0, 0.1) is 0 Å². The number of nitrogens with one attached hydrogen (secondary N) is 1. The Bertz CT molecular complexity index is 501. The lowest BCUT2D eigenvalue weighted by Crippen LogP contribution is -2.17. The van der Waals surface area contributed by atoms with Crippen LogP contribution in [-0.2, 0) is 0 Å². The lowest BCUT2D eigenvalue weighted by atomic mass is 10.2. The van der Waals surface area contributed by atoms with Gasteiger partial charge in [-0.1, -0.05) is 0 Å². The molecule has 1 fully saturated rings. The highest BCUT2D eigenvalue weighted by Crippen LogP contribution is 2.24. The first-order valence-corrected chi connectivity index (χ1v) is 7.77. The van der Waals surface area contributed by atoms with Crippen LogP contribution in [0.1, 0.15) is 31.5 Å². The Morgan fingerprint density at radius 1 is 1.21 bits per heavy atom. The molecule has 1 aliphatic heterocycles. The van der Waals surface area contributed by atoms with Crippen molar-refractivity contribution in [1.29, 1.82) is 0 Å². The number of aromatic nitrogens is 1. The van der Waals surface area contributed by atoms with E-state index in [0.29, 0.717) is 0 Å². The van der Waals surface area contributed by atoms with Crippen molar-refractivity contribution in [2.75, 3.05) is 23.3 Å². The Morgan fingerprint density at radius 2 is 1.95 bits per heavy atom. The highest BCUT2D eigenvalue weighted by atomic mass is 32.1. The van der Waals surface area contributed by atoms with Crippen molar-refractivity contribution in [1.82, 2.24) is 4.98 Å². The normalized spacial score (nSPS) is 16.6. The lowest BCUT2D eigenvalue weighted by molar-refractivity contribution is 0.850. The summed E-state index contributed by atoms with van der Waals surface area (Å²) < 4.78 is 0. The van der Waals surface area contributed by atoms with E-state index >= 15 is 0 Å². The number of benzene rings is 1. The second-order valence-electron chi connectivity index (χ2n) is 5.02. The minimum atomic E-state index is 0.254. The molecule has 2 aromatic rings. The Morgan fingerprint density at radius 3 is 2.58 bits per heavy atom. The highest BCUT2D eigenvalue weighted by molar-refractivity contribution is 7.07. The summed E-state index contributed by atoms with van der Waals surface area (Å²) in [4.78, 5) is 6.79. The molecular weight excluding hydrogens is 254 g/mol. The summed E-state index contributed by atoms with van der Waals surface area (Å²) in [5.41, 5.74) is 5.48. The number of hydrogen-bond donors (Lipinski definition) is 1. The van der Waals surface area contributed by atoms with Crippen molar-refractivity contribution >= 4 is 22.7 Å². The smallest absolute Gasteiger partial charge is 0.0795 e. The standard InChI is InChI=1S/C15H19N3S/c1-12(15-10-19-11-16-15)17-13-4-6-14(7-5-13)18-8-2-3-9-18/h4-7,10-12,17H,2-3,8-9H2,1H3. The van der Waals surface area contributed by atoms with Gasteiger partial charge >= 0.3 is 0 Å². The summed E-state index contributed by atoms with van der Waals surface area (Å²) in [6.07, 6.45) is 2.64. The van der Waals surface area contributed by atoms with Gasteiger partial charge in [0.25, 0.3) is 0 Å². The van der Waals surface area contributed by atoms with Crippen LogP contribution in [-0.4, -0.2) is 18.1 Å². The average Bonchev–Trinajstić information content (AvgIpc) is 3.13. The minimum absolute atomic E-state index is 0.254. The minimum Gasteiger partial charge on any atom is -0.377 e. The predicted octanol–water partition coefficient (Wildman–Crippen LogP) is 3.92. The Hall–Kier alpha value is -1.55. The van der Waals surface area contributed by atoms with Crippen molar-refractivity contribution in [2.45, 2.75) is 25.8 Å². The molecule has 100 valence electrons. The fourth-order valence-electron chi connectivity index (χ4n) is 2.50. The second-order valence-corrected chi connectivity index (χ2v) is 5.74. The predicted molar refractivity (Wildman–Crippen MR) is 82.0 cm³/mol. The van der Waals surface area contributed by atoms with Gasteiger partial charge in [0.2, 0.25) is 0 Å².